The molecular weight excluding hydrogens is 365 g/mol. The van der Waals surface area contributed by atoms with E-state index in [-0.39, 0.29) is 5.75 Å². The van der Waals surface area contributed by atoms with Crippen LogP contribution < -0.4 is 10.4 Å². The molecule has 24 heavy (non-hydrogen) atoms. The number of nitrogens with zero attached hydrogens (tertiary/aromatic N) is 2. The van der Waals surface area contributed by atoms with Crippen molar-refractivity contribution in [1.29, 1.82) is 0 Å². The lowest BCUT2D eigenvalue weighted by Crippen LogP contribution is -2.17. The van der Waals surface area contributed by atoms with Crippen LogP contribution in [-0.4, -0.2) is 15.3 Å². The summed E-state index contributed by atoms with van der Waals surface area (Å²) in [6.07, 6.45) is -4.76. The Morgan fingerprint density at radius 1 is 1.08 bits per heavy atom. The SMILES string of the molecule is O=c1nc(-c2ccccc2Cl)sn1-c1ccc(OC(F)(F)F)cc1. The van der Waals surface area contributed by atoms with E-state index in [9.17, 15) is 18.0 Å². The number of halogens is 4. The highest BCUT2D eigenvalue weighted by Crippen LogP contribution is 2.29. The van der Waals surface area contributed by atoms with Crippen molar-refractivity contribution in [3.63, 3.8) is 0 Å². The van der Waals surface area contributed by atoms with Gasteiger partial charge in [-0.25, -0.2) is 8.75 Å². The summed E-state index contributed by atoms with van der Waals surface area (Å²) in [6.45, 7) is 0. The van der Waals surface area contributed by atoms with Gasteiger partial charge in [0.25, 0.3) is 0 Å². The molecule has 3 rings (SSSR count). The quantitative estimate of drug-likeness (QED) is 0.679. The molecule has 124 valence electrons. The predicted octanol–water partition coefficient (Wildman–Crippen LogP) is 4.51. The Morgan fingerprint density at radius 2 is 1.75 bits per heavy atom. The van der Waals surface area contributed by atoms with Gasteiger partial charge in [0.2, 0.25) is 0 Å². The molecule has 0 N–H and O–H groups in total. The van der Waals surface area contributed by atoms with E-state index in [1.807, 2.05) is 0 Å². The Morgan fingerprint density at radius 3 is 2.38 bits per heavy atom. The van der Waals surface area contributed by atoms with Crippen molar-refractivity contribution in [2.75, 3.05) is 0 Å². The highest BCUT2D eigenvalue weighted by atomic mass is 35.5. The first-order valence-electron chi connectivity index (χ1n) is 6.55. The molecule has 0 amide bonds. The molecule has 0 saturated carbocycles. The van der Waals surface area contributed by atoms with Gasteiger partial charge in [0.1, 0.15) is 10.8 Å². The van der Waals surface area contributed by atoms with E-state index in [4.69, 9.17) is 11.6 Å². The molecule has 1 heterocycles. The largest absolute Gasteiger partial charge is 0.573 e. The Bertz CT molecular complexity index is 919. The van der Waals surface area contributed by atoms with Crippen LogP contribution in [0.4, 0.5) is 13.2 Å². The molecule has 0 aliphatic rings. The number of hydrogen-bond acceptors (Lipinski definition) is 4. The van der Waals surface area contributed by atoms with Gasteiger partial charge in [-0.15, -0.1) is 13.2 Å². The monoisotopic (exact) mass is 372 g/mol. The standard InChI is InChI=1S/C15H8ClF3N2O2S/c16-12-4-2-1-3-11(12)13-20-14(22)21(24-13)9-5-7-10(8-6-9)23-15(17,18)19/h1-8H. The highest BCUT2D eigenvalue weighted by Gasteiger charge is 2.31. The third-order valence-electron chi connectivity index (χ3n) is 2.96. The smallest absolute Gasteiger partial charge is 0.406 e. The van der Waals surface area contributed by atoms with Crippen molar-refractivity contribution in [3.8, 4) is 22.0 Å². The van der Waals surface area contributed by atoms with Crippen molar-refractivity contribution in [1.82, 2.24) is 8.94 Å². The van der Waals surface area contributed by atoms with Gasteiger partial charge in [0.05, 0.1) is 10.7 Å². The van der Waals surface area contributed by atoms with E-state index in [0.29, 0.717) is 21.3 Å². The average molecular weight is 373 g/mol. The minimum atomic E-state index is -4.76. The van der Waals surface area contributed by atoms with E-state index < -0.39 is 12.1 Å². The first kappa shape index (κ1) is 16.5. The van der Waals surface area contributed by atoms with E-state index in [2.05, 4.69) is 9.72 Å². The summed E-state index contributed by atoms with van der Waals surface area (Å²) in [7, 11) is 0. The molecule has 2 aromatic carbocycles. The Hall–Kier alpha value is -2.32. The van der Waals surface area contributed by atoms with Crippen LogP contribution in [0.1, 0.15) is 0 Å². The maximum Gasteiger partial charge on any atom is 0.573 e. The zero-order valence-corrected chi connectivity index (χ0v) is 13.3. The second kappa shape index (κ2) is 6.29. The molecular formula is C15H8ClF3N2O2S. The zero-order chi connectivity index (χ0) is 17.3. The predicted molar refractivity (Wildman–Crippen MR) is 84.8 cm³/mol. The Balaban J connectivity index is 1.94. The summed E-state index contributed by atoms with van der Waals surface area (Å²) in [5.74, 6) is -0.366. The van der Waals surface area contributed by atoms with Crippen LogP contribution in [0.5, 0.6) is 5.75 Å². The fraction of sp³-hybridized carbons (Fsp3) is 0.0667. The average Bonchev–Trinajstić information content (AvgIpc) is 2.89. The molecule has 0 unspecified atom stereocenters. The van der Waals surface area contributed by atoms with Crippen LogP contribution in [-0.2, 0) is 0 Å². The van der Waals surface area contributed by atoms with E-state index in [1.165, 1.54) is 16.1 Å². The van der Waals surface area contributed by atoms with Crippen molar-refractivity contribution >= 4 is 23.1 Å². The summed E-state index contributed by atoms with van der Waals surface area (Å²) in [4.78, 5) is 16.0. The van der Waals surface area contributed by atoms with E-state index in [1.54, 1.807) is 24.3 Å². The number of rotatable bonds is 3. The van der Waals surface area contributed by atoms with Crippen molar-refractivity contribution in [3.05, 3.63) is 64.0 Å². The molecule has 0 saturated heterocycles. The molecule has 1 aromatic heterocycles. The molecule has 3 aromatic rings. The lowest BCUT2D eigenvalue weighted by Gasteiger charge is -2.08. The molecule has 0 aliphatic carbocycles. The number of aromatic nitrogens is 2. The fourth-order valence-electron chi connectivity index (χ4n) is 1.97. The molecule has 0 spiro atoms. The highest BCUT2D eigenvalue weighted by molar-refractivity contribution is 7.10. The van der Waals surface area contributed by atoms with Crippen molar-refractivity contribution < 1.29 is 17.9 Å². The van der Waals surface area contributed by atoms with Gasteiger partial charge in [-0.05, 0) is 41.9 Å². The van der Waals surface area contributed by atoms with Gasteiger partial charge >= 0.3 is 12.1 Å². The second-order valence-electron chi connectivity index (χ2n) is 4.61. The number of benzene rings is 2. The lowest BCUT2D eigenvalue weighted by atomic mass is 10.2. The molecule has 4 nitrogen and oxygen atoms in total. The Labute approximate surface area is 142 Å². The summed E-state index contributed by atoms with van der Waals surface area (Å²) in [6, 6.07) is 11.9. The van der Waals surface area contributed by atoms with Crippen LogP contribution in [0, 0.1) is 0 Å². The lowest BCUT2D eigenvalue weighted by molar-refractivity contribution is -0.274. The fourth-order valence-corrected chi connectivity index (χ4v) is 3.16. The topological polar surface area (TPSA) is 44.1 Å². The number of ether oxygens (including phenoxy) is 1. The summed E-state index contributed by atoms with van der Waals surface area (Å²) in [5, 5.41) is 0.869. The minimum absolute atomic E-state index is 0.366. The van der Waals surface area contributed by atoms with Crippen LogP contribution >= 0.6 is 23.1 Å². The first-order valence-corrected chi connectivity index (χ1v) is 7.70. The maximum atomic E-state index is 12.2. The van der Waals surface area contributed by atoms with Crippen LogP contribution in [0.15, 0.2) is 53.3 Å². The van der Waals surface area contributed by atoms with Gasteiger partial charge in [0.15, 0.2) is 0 Å². The molecule has 0 radical (unpaired) electrons. The Kier molecular flexibility index (Phi) is 4.33. The second-order valence-corrected chi connectivity index (χ2v) is 5.95. The molecule has 0 atom stereocenters. The third kappa shape index (κ3) is 3.60. The van der Waals surface area contributed by atoms with Crippen molar-refractivity contribution in [2.24, 2.45) is 0 Å². The van der Waals surface area contributed by atoms with Gasteiger partial charge < -0.3 is 4.74 Å². The van der Waals surface area contributed by atoms with Crippen LogP contribution in [0.25, 0.3) is 16.3 Å². The molecule has 0 aliphatic heterocycles. The summed E-state index contributed by atoms with van der Waals surface area (Å²) < 4.78 is 41.5. The van der Waals surface area contributed by atoms with Crippen molar-refractivity contribution in [2.45, 2.75) is 6.36 Å². The maximum absolute atomic E-state index is 12.2. The molecule has 0 bridgehead atoms. The third-order valence-corrected chi connectivity index (χ3v) is 4.32. The summed E-state index contributed by atoms with van der Waals surface area (Å²) in [5.41, 5.74) is 0.446. The minimum Gasteiger partial charge on any atom is -0.406 e. The van der Waals surface area contributed by atoms with Gasteiger partial charge in [-0.3, -0.25) is 0 Å². The van der Waals surface area contributed by atoms with E-state index >= 15 is 0 Å². The molecule has 0 fully saturated rings. The number of alkyl halides is 3. The normalized spacial score (nSPS) is 11.5. The van der Waals surface area contributed by atoms with Crippen LogP contribution in [0.3, 0.4) is 0 Å². The summed E-state index contributed by atoms with van der Waals surface area (Å²) >= 11 is 7.13. The van der Waals surface area contributed by atoms with Gasteiger partial charge in [-0.1, -0.05) is 29.8 Å². The first-order chi connectivity index (χ1) is 11.3. The van der Waals surface area contributed by atoms with Gasteiger partial charge in [-0.2, -0.15) is 4.98 Å². The van der Waals surface area contributed by atoms with E-state index in [0.717, 1.165) is 23.7 Å². The van der Waals surface area contributed by atoms with Crippen LogP contribution in [0.2, 0.25) is 5.02 Å². The zero-order valence-electron chi connectivity index (χ0n) is 11.7. The van der Waals surface area contributed by atoms with Gasteiger partial charge in [0, 0.05) is 5.56 Å². The molecule has 9 heteroatoms. The number of hydrogen-bond donors (Lipinski definition) is 0.